The van der Waals surface area contributed by atoms with Crippen LogP contribution in [-0.4, -0.2) is 19.4 Å². The average Bonchev–Trinajstić information content (AvgIpc) is 2.31. The molecule has 0 saturated heterocycles. The van der Waals surface area contributed by atoms with Gasteiger partial charge in [-0.1, -0.05) is 23.8 Å². The molecule has 0 aliphatic carbocycles. The zero-order valence-electron chi connectivity index (χ0n) is 9.27. The molecule has 0 fully saturated rings. The SMILES string of the molecule is COC(=O)c1cc(C=CCC=O)c(Cl)cc1N. The van der Waals surface area contributed by atoms with Crippen molar-refractivity contribution in [1.82, 2.24) is 0 Å². The number of carbonyl (C=O) groups excluding carboxylic acids is 2. The molecule has 1 rings (SSSR count). The second kappa shape index (κ2) is 6.06. The maximum Gasteiger partial charge on any atom is 0.339 e. The van der Waals surface area contributed by atoms with Gasteiger partial charge in [-0.3, -0.25) is 0 Å². The van der Waals surface area contributed by atoms with Gasteiger partial charge in [0.15, 0.2) is 0 Å². The molecule has 17 heavy (non-hydrogen) atoms. The van der Waals surface area contributed by atoms with Gasteiger partial charge in [0, 0.05) is 17.1 Å². The highest BCUT2D eigenvalue weighted by Crippen LogP contribution is 2.25. The van der Waals surface area contributed by atoms with Crippen molar-refractivity contribution in [2.75, 3.05) is 12.8 Å². The molecule has 4 nitrogen and oxygen atoms in total. The van der Waals surface area contributed by atoms with Gasteiger partial charge in [-0.05, 0) is 17.7 Å². The van der Waals surface area contributed by atoms with Gasteiger partial charge in [0.1, 0.15) is 6.29 Å². The predicted molar refractivity (Wildman–Crippen MR) is 66.9 cm³/mol. The Hall–Kier alpha value is -1.81. The summed E-state index contributed by atoms with van der Waals surface area (Å²) in [5.74, 6) is -0.524. The van der Waals surface area contributed by atoms with E-state index in [1.807, 2.05) is 0 Å². The third kappa shape index (κ3) is 3.32. The van der Waals surface area contributed by atoms with E-state index in [1.165, 1.54) is 19.2 Å². The molecule has 0 unspecified atom stereocenters. The monoisotopic (exact) mass is 253 g/mol. The van der Waals surface area contributed by atoms with Gasteiger partial charge in [-0.2, -0.15) is 0 Å². The molecule has 0 saturated carbocycles. The lowest BCUT2D eigenvalue weighted by atomic mass is 10.1. The van der Waals surface area contributed by atoms with Crippen LogP contribution in [0.4, 0.5) is 5.69 Å². The van der Waals surface area contributed by atoms with Crippen molar-refractivity contribution in [3.8, 4) is 0 Å². The predicted octanol–water partition coefficient (Wildman–Crippen LogP) is 2.31. The molecule has 2 N–H and O–H groups in total. The Morgan fingerprint density at radius 1 is 1.53 bits per heavy atom. The number of methoxy groups -OCH3 is 1. The van der Waals surface area contributed by atoms with E-state index >= 15 is 0 Å². The molecular weight excluding hydrogens is 242 g/mol. The summed E-state index contributed by atoms with van der Waals surface area (Å²) in [4.78, 5) is 21.6. The van der Waals surface area contributed by atoms with Crippen LogP contribution >= 0.6 is 11.6 Å². The second-order valence-electron chi connectivity index (χ2n) is 3.26. The van der Waals surface area contributed by atoms with Gasteiger partial charge in [-0.15, -0.1) is 0 Å². The Morgan fingerprint density at radius 2 is 2.24 bits per heavy atom. The molecule has 1 aromatic carbocycles. The number of anilines is 1. The highest BCUT2D eigenvalue weighted by molar-refractivity contribution is 6.32. The van der Waals surface area contributed by atoms with Crippen molar-refractivity contribution < 1.29 is 14.3 Å². The Balaban J connectivity index is 3.14. The van der Waals surface area contributed by atoms with Crippen LogP contribution in [0.2, 0.25) is 5.02 Å². The average molecular weight is 254 g/mol. The number of ether oxygens (including phenoxy) is 1. The minimum Gasteiger partial charge on any atom is -0.465 e. The minimum atomic E-state index is -0.524. The maximum absolute atomic E-state index is 11.4. The Bertz CT molecular complexity index is 469. The lowest BCUT2D eigenvalue weighted by Gasteiger charge is -2.06. The largest absolute Gasteiger partial charge is 0.465 e. The number of halogens is 1. The van der Waals surface area contributed by atoms with Gasteiger partial charge in [0.25, 0.3) is 0 Å². The number of rotatable bonds is 4. The minimum absolute atomic E-state index is 0.252. The Kier molecular flexibility index (Phi) is 4.72. The first kappa shape index (κ1) is 13.3. The van der Waals surface area contributed by atoms with E-state index in [-0.39, 0.29) is 17.7 Å². The number of benzene rings is 1. The lowest BCUT2D eigenvalue weighted by Crippen LogP contribution is -2.06. The van der Waals surface area contributed by atoms with E-state index in [4.69, 9.17) is 17.3 Å². The summed E-state index contributed by atoms with van der Waals surface area (Å²) < 4.78 is 4.60. The standard InChI is InChI=1S/C12H12ClNO3/c1-17-12(16)9-6-8(4-2-3-5-15)10(13)7-11(9)14/h2,4-7H,3,14H2,1H3. The number of carbonyl (C=O) groups is 2. The molecule has 0 heterocycles. The fraction of sp³-hybridized carbons (Fsp3) is 0.167. The van der Waals surface area contributed by atoms with Gasteiger partial charge in [-0.25, -0.2) is 4.79 Å². The summed E-state index contributed by atoms with van der Waals surface area (Å²) in [5, 5.41) is 0.414. The van der Waals surface area contributed by atoms with Gasteiger partial charge >= 0.3 is 5.97 Å². The Labute approximate surface area is 104 Å². The van der Waals surface area contributed by atoms with Crippen LogP contribution in [0.5, 0.6) is 0 Å². The summed E-state index contributed by atoms with van der Waals surface area (Å²) in [6.07, 6.45) is 4.35. The van der Waals surface area contributed by atoms with E-state index in [9.17, 15) is 9.59 Å². The third-order valence-electron chi connectivity index (χ3n) is 2.10. The van der Waals surface area contributed by atoms with E-state index in [0.717, 1.165) is 6.29 Å². The number of hydrogen-bond donors (Lipinski definition) is 1. The zero-order valence-corrected chi connectivity index (χ0v) is 10.0. The number of hydrogen-bond acceptors (Lipinski definition) is 4. The molecule has 0 aromatic heterocycles. The van der Waals surface area contributed by atoms with Crippen molar-refractivity contribution in [1.29, 1.82) is 0 Å². The van der Waals surface area contributed by atoms with E-state index in [0.29, 0.717) is 10.6 Å². The molecule has 0 aliphatic heterocycles. The normalized spacial score (nSPS) is 10.5. The van der Waals surface area contributed by atoms with Crippen molar-refractivity contribution in [3.05, 3.63) is 34.4 Å². The first-order chi connectivity index (χ1) is 8.10. The molecule has 0 bridgehead atoms. The van der Waals surface area contributed by atoms with Crippen LogP contribution in [0.3, 0.4) is 0 Å². The molecule has 0 amide bonds. The van der Waals surface area contributed by atoms with Crippen LogP contribution in [-0.2, 0) is 9.53 Å². The molecule has 0 radical (unpaired) electrons. The van der Waals surface area contributed by atoms with E-state index in [2.05, 4.69) is 4.74 Å². The van der Waals surface area contributed by atoms with Gasteiger partial charge in [0.05, 0.1) is 12.7 Å². The van der Waals surface area contributed by atoms with E-state index < -0.39 is 5.97 Å². The zero-order chi connectivity index (χ0) is 12.8. The van der Waals surface area contributed by atoms with Crippen molar-refractivity contribution in [3.63, 3.8) is 0 Å². The van der Waals surface area contributed by atoms with E-state index in [1.54, 1.807) is 12.2 Å². The first-order valence-corrected chi connectivity index (χ1v) is 5.25. The number of aldehydes is 1. The highest BCUT2D eigenvalue weighted by Gasteiger charge is 2.12. The Morgan fingerprint density at radius 3 is 2.82 bits per heavy atom. The molecule has 90 valence electrons. The van der Waals surface area contributed by atoms with Crippen molar-refractivity contribution in [2.45, 2.75) is 6.42 Å². The van der Waals surface area contributed by atoms with Crippen LogP contribution in [0.25, 0.3) is 6.08 Å². The highest BCUT2D eigenvalue weighted by atomic mass is 35.5. The summed E-state index contributed by atoms with van der Waals surface area (Å²) >= 11 is 5.96. The van der Waals surface area contributed by atoms with Gasteiger partial charge in [0.2, 0.25) is 0 Å². The lowest BCUT2D eigenvalue weighted by molar-refractivity contribution is -0.107. The molecule has 0 aliphatic rings. The number of nitrogens with two attached hydrogens (primary N) is 1. The van der Waals surface area contributed by atoms with Crippen molar-refractivity contribution in [2.24, 2.45) is 0 Å². The maximum atomic E-state index is 11.4. The molecular formula is C12H12ClNO3. The number of esters is 1. The second-order valence-corrected chi connectivity index (χ2v) is 3.66. The summed E-state index contributed by atoms with van der Waals surface area (Å²) in [5.41, 5.74) is 6.78. The number of nitrogen functional groups attached to an aromatic ring is 1. The first-order valence-electron chi connectivity index (χ1n) is 4.87. The van der Waals surface area contributed by atoms with Crippen LogP contribution < -0.4 is 5.73 Å². The van der Waals surface area contributed by atoms with Crippen LogP contribution in [0, 0.1) is 0 Å². The van der Waals surface area contributed by atoms with Gasteiger partial charge < -0.3 is 15.3 Å². The third-order valence-corrected chi connectivity index (χ3v) is 2.43. The summed E-state index contributed by atoms with van der Waals surface area (Å²) in [7, 11) is 1.28. The topological polar surface area (TPSA) is 69.4 Å². The summed E-state index contributed by atoms with van der Waals surface area (Å²) in [6, 6.07) is 3.01. The molecule has 5 heteroatoms. The fourth-order valence-corrected chi connectivity index (χ4v) is 1.51. The summed E-state index contributed by atoms with van der Waals surface area (Å²) in [6.45, 7) is 0. The molecule has 1 aromatic rings. The number of allylic oxidation sites excluding steroid dienone is 1. The fourth-order valence-electron chi connectivity index (χ4n) is 1.27. The molecule has 0 spiro atoms. The quantitative estimate of drug-likeness (QED) is 0.508. The molecule has 0 atom stereocenters. The van der Waals surface area contributed by atoms with Crippen molar-refractivity contribution >= 4 is 35.6 Å². The van der Waals surface area contributed by atoms with Crippen LogP contribution in [0.15, 0.2) is 18.2 Å². The van der Waals surface area contributed by atoms with Crippen LogP contribution in [0.1, 0.15) is 22.3 Å². The smallest absolute Gasteiger partial charge is 0.339 e.